The molecule has 1 rings (SSSR count). The lowest BCUT2D eigenvalue weighted by Gasteiger charge is -1.97. The van der Waals surface area contributed by atoms with Crippen LogP contribution in [0.2, 0.25) is 0 Å². The van der Waals surface area contributed by atoms with Crippen molar-refractivity contribution in [2.75, 3.05) is 7.11 Å². The minimum absolute atomic E-state index is 0.244. The van der Waals surface area contributed by atoms with Crippen LogP contribution in [-0.4, -0.2) is 20.9 Å². The van der Waals surface area contributed by atoms with E-state index in [0.717, 1.165) is 0 Å². The van der Waals surface area contributed by atoms with Gasteiger partial charge in [0, 0.05) is 4.88 Å². The molecule has 0 fully saturated rings. The summed E-state index contributed by atoms with van der Waals surface area (Å²) in [5.41, 5.74) is 0. The fourth-order valence-corrected chi connectivity index (χ4v) is 1.80. The molecule has 1 aromatic heterocycles. The maximum atomic E-state index is 11.0. The number of ether oxygens (including phenoxy) is 1. The third kappa shape index (κ3) is 1.88. The average Bonchev–Trinajstić information content (AvgIpc) is 2.51. The Hall–Kier alpha value is -0.765. The van der Waals surface area contributed by atoms with Crippen molar-refractivity contribution >= 4 is 25.2 Å². The number of hydrogen-bond acceptors (Lipinski definition) is 3. The van der Waals surface area contributed by atoms with Crippen molar-refractivity contribution in [3.8, 4) is 0 Å². The second-order valence-electron chi connectivity index (χ2n) is 2.85. The highest BCUT2D eigenvalue weighted by Crippen LogP contribution is 2.22. The Morgan fingerprint density at radius 3 is 2.75 bits per heavy atom. The van der Waals surface area contributed by atoms with Crippen molar-refractivity contribution in [3.05, 3.63) is 21.9 Å². The van der Waals surface area contributed by atoms with Crippen molar-refractivity contribution in [3.63, 3.8) is 0 Å². The van der Waals surface area contributed by atoms with Crippen molar-refractivity contribution in [1.29, 1.82) is 0 Å². The molecule has 0 saturated heterocycles. The fraction of sp³-hybridized carbons (Fsp3) is 0.375. The first-order chi connectivity index (χ1) is 5.65. The summed E-state index contributed by atoms with van der Waals surface area (Å²) < 4.78 is 4.60. The van der Waals surface area contributed by atoms with E-state index < -0.39 is 0 Å². The molecule has 12 heavy (non-hydrogen) atoms. The molecule has 0 unspecified atom stereocenters. The van der Waals surface area contributed by atoms with Gasteiger partial charge in [-0.3, -0.25) is 0 Å². The van der Waals surface area contributed by atoms with E-state index in [0.29, 0.717) is 10.7 Å². The van der Waals surface area contributed by atoms with Crippen molar-refractivity contribution < 1.29 is 9.53 Å². The molecule has 0 amide bonds. The molecule has 0 aromatic carbocycles. The molecule has 0 aliphatic carbocycles. The Labute approximate surface area is 77.0 Å². The molecule has 0 saturated carbocycles. The van der Waals surface area contributed by atoms with Crippen molar-refractivity contribution in [2.45, 2.75) is 12.7 Å². The summed E-state index contributed by atoms with van der Waals surface area (Å²) >= 11 is 1.50. The van der Waals surface area contributed by atoms with Gasteiger partial charge in [0.2, 0.25) is 0 Å². The summed E-state index contributed by atoms with van der Waals surface area (Å²) in [6.45, 7) is 2.10. The second-order valence-corrected chi connectivity index (χ2v) is 3.96. The van der Waals surface area contributed by atoms with Crippen LogP contribution in [-0.2, 0) is 4.74 Å². The van der Waals surface area contributed by atoms with Crippen LogP contribution in [0.15, 0.2) is 12.1 Å². The summed E-state index contributed by atoms with van der Waals surface area (Å²) in [5, 5.41) is 0. The number of thiophene rings is 1. The molecule has 4 heteroatoms. The maximum absolute atomic E-state index is 11.0. The van der Waals surface area contributed by atoms with Gasteiger partial charge in [0.1, 0.15) is 12.7 Å². The van der Waals surface area contributed by atoms with Gasteiger partial charge < -0.3 is 4.74 Å². The Bertz CT molecular complexity index is 280. The Morgan fingerprint density at radius 2 is 2.33 bits per heavy atom. The molecule has 0 aliphatic heterocycles. The molecular weight excluding hydrogens is 171 g/mol. The number of carbonyl (C=O) groups excluding carboxylic acids is 1. The highest BCUT2D eigenvalue weighted by molar-refractivity contribution is 7.14. The second kappa shape index (κ2) is 3.76. The third-order valence-corrected chi connectivity index (χ3v) is 2.95. The molecule has 0 aliphatic rings. The van der Waals surface area contributed by atoms with Gasteiger partial charge in [-0.25, -0.2) is 4.79 Å². The molecule has 0 bridgehead atoms. The predicted octanol–water partition coefficient (Wildman–Crippen LogP) is 1.23. The van der Waals surface area contributed by atoms with E-state index in [1.54, 1.807) is 0 Å². The molecule has 1 aromatic rings. The summed E-state index contributed by atoms with van der Waals surface area (Å²) in [6, 6.07) is 3.79. The van der Waals surface area contributed by atoms with E-state index >= 15 is 0 Å². The molecule has 0 N–H and O–H groups in total. The van der Waals surface area contributed by atoms with E-state index in [-0.39, 0.29) is 5.97 Å². The van der Waals surface area contributed by atoms with Gasteiger partial charge >= 0.3 is 5.97 Å². The fourth-order valence-electron chi connectivity index (χ4n) is 0.873. The lowest BCUT2D eigenvalue weighted by Crippen LogP contribution is -1.96. The lowest BCUT2D eigenvalue weighted by atomic mass is 9.88. The van der Waals surface area contributed by atoms with E-state index in [9.17, 15) is 4.79 Å². The number of hydrogen-bond donors (Lipinski definition) is 0. The smallest absolute Gasteiger partial charge is 0.348 e. The van der Waals surface area contributed by atoms with Crippen molar-refractivity contribution in [2.24, 2.45) is 0 Å². The molecular formula is C8H11BO2S. The van der Waals surface area contributed by atoms with Gasteiger partial charge in [-0.1, -0.05) is 6.92 Å². The summed E-state index contributed by atoms with van der Waals surface area (Å²) in [4.78, 5) is 12.9. The molecule has 2 nitrogen and oxygen atoms in total. The minimum atomic E-state index is -0.244. The monoisotopic (exact) mass is 182 g/mol. The highest BCUT2D eigenvalue weighted by atomic mass is 32.1. The van der Waals surface area contributed by atoms with E-state index in [4.69, 9.17) is 0 Å². The molecule has 1 atom stereocenters. The van der Waals surface area contributed by atoms with Gasteiger partial charge in [-0.15, -0.1) is 11.3 Å². The lowest BCUT2D eigenvalue weighted by molar-refractivity contribution is 0.0606. The molecule has 0 radical (unpaired) electrons. The first kappa shape index (κ1) is 9.32. The van der Waals surface area contributed by atoms with E-state index in [1.807, 2.05) is 12.1 Å². The van der Waals surface area contributed by atoms with Crippen LogP contribution >= 0.6 is 11.3 Å². The number of esters is 1. The van der Waals surface area contributed by atoms with Crippen LogP contribution in [0, 0.1) is 0 Å². The number of rotatable bonds is 2. The van der Waals surface area contributed by atoms with Crippen LogP contribution in [0.5, 0.6) is 0 Å². The van der Waals surface area contributed by atoms with Crippen LogP contribution in [0.25, 0.3) is 0 Å². The number of methoxy groups -OCH3 is 1. The SMILES string of the molecule is B[C@@H](C)c1ccc(C(=O)OC)s1. The van der Waals surface area contributed by atoms with Gasteiger partial charge in [-0.2, -0.15) is 0 Å². The quantitative estimate of drug-likeness (QED) is 0.507. The molecule has 0 spiro atoms. The molecule has 1 heterocycles. The zero-order valence-corrected chi connectivity index (χ0v) is 8.27. The highest BCUT2D eigenvalue weighted by Gasteiger charge is 2.10. The zero-order valence-electron chi connectivity index (χ0n) is 7.46. The Balaban J connectivity index is 2.84. The van der Waals surface area contributed by atoms with E-state index in [1.165, 1.54) is 23.3 Å². The molecule has 64 valence electrons. The predicted molar refractivity (Wildman–Crippen MR) is 52.6 cm³/mol. The first-order valence-electron chi connectivity index (χ1n) is 3.83. The van der Waals surface area contributed by atoms with Crippen LogP contribution < -0.4 is 0 Å². The van der Waals surface area contributed by atoms with Gasteiger partial charge in [-0.05, 0) is 17.9 Å². The summed E-state index contributed by atoms with van der Waals surface area (Å²) in [7, 11) is 3.50. The standard InChI is InChI=1S/C8H11BO2S/c1-5(9)6-3-4-7(12-6)8(10)11-2/h3-5H,9H2,1-2H3/t5-/m0/s1. The van der Waals surface area contributed by atoms with E-state index in [2.05, 4.69) is 19.5 Å². The van der Waals surface area contributed by atoms with Crippen LogP contribution in [0.4, 0.5) is 0 Å². The topological polar surface area (TPSA) is 26.3 Å². The zero-order chi connectivity index (χ0) is 9.14. The van der Waals surface area contributed by atoms with Crippen molar-refractivity contribution in [1.82, 2.24) is 0 Å². The minimum Gasteiger partial charge on any atom is -0.465 e. The van der Waals surface area contributed by atoms with Crippen LogP contribution in [0.1, 0.15) is 27.3 Å². The first-order valence-corrected chi connectivity index (χ1v) is 4.65. The largest absolute Gasteiger partial charge is 0.465 e. The maximum Gasteiger partial charge on any atom is 0.348 e. The average molecular weight is 182 g/mol. The Morgan fingerprint density at radius 1 is 1.67 bits per heavy atom. The summed E-state index contributed by atoms with van der Waals surface area (Å²) in [6.07, 6.45) is 0. The van der Waals surface area contributed by atoms with Gasteiger partial charge in [0.15, 0.2) is 0 Å². The van der Waals surface area contributed by atoms with Crippen LogP contribution in [0.3, 0.4) is 0 Å². The van der Waals surface area contributed by atoms with Gasteiger partial charge in [0.05, 0.1) is 7.11 Å². The normalized spacial score (nSPS) is 12.5. The Kier molecular flexibility index (Phi) is 2.92. The van der Waals surface area contributed by atoms with Gasteiger partial charge in [0.25, 0.3) is 0 Å². The summed E-state index contributed by atoms with van der Waals surface area (Å²) in [5.74, 6) is 0.236. The third-order valence-electron chi connectivity index (χ3n) is 1.58. The number of carbonyl (C=O) groups is 1.